The summed E-state index contributed by atoms with van der Waals surface area (Å²) in [5, 5.41) is 2.62. The molecule has 0 N–H and O–H groups in total. The first kappa shape index (κ1) is 26.5. The van der Waals surface area contributed by atoms with E-state index in [0.29, 0.717) is 44.9 Å². The van der Waals surface area contributed by atoms with Gasteiger partial charge in [-0.3, -0.25) is 0 Å². The number of hydrogen-bond acceptors (Lipinski definition) is 4. The average molecular weight is 589 g/mol. The van der Waals surface area contributed by atoms with E-state index in [1.807, 2.05) is 47.6 Å². The van der Waals surface area contributed by atoms with Crippen molar-refractivity contribution in [3.63, 3.8) is 0 Å². The molecule has 0 amide bonds. The van der Waals surface area contributed by atoms with Gasteiger partial charge in [0, 0.05) is 34.7 Å². The molecule has 35 heavy (non-hydrogen) atoms. The van der Waals surface area contributed by atoms with Gasteiger partial charge in [-0.2, -0.15) is 8.42 Å². The number of benzene rings is 3. The molecule has 0 aromatic heterocycles. The third kappa shape index (κ3) is 6.21. The van der Waals surface area contributed by atoms with E-state index >= 15 is 0 Å². The first-order valence-corrected chi connectivity index (χ1v) is 14.7. The van der Waals surface area contributed by atoms with Crippen LogP contribution in [0.15, 0.2) is 76.0 Å². The molecule has 0 saturated carbocycles. The number of rotatable bonds is 4. The topological polar surface area (TPSA) is 53.0 Å². The minimum Gasteiger partial charge on any atom is -0.360 e. The van der Waals surface area contributed by atoms with Gasteiger partial charge in [0.25, 0.3) is 10.0 Å². The average Bonchev–Trinajstić information content (AvgIpc) is 2.83. The van der Waals surface area contributed by atoms with Crippen molar-refractivity contribution in [3.05, 3.63) is 92.4 Å². The first-order valence-electron chi connectivity index (χ1n) is 10.5. The lowest BCUT2D eigenvalue weighted by Crippen LogP contribution is -2.50. The number of sulfonamides is 1. The Morgan fingerprint density at radius 1 is 0.886 bits per heavy atom. The SMILES string of the molecule is CS/C(=N\S(=O)(=O)c1ccc(Cl)cc1)N1CCN(c2ccc(Cl)cc2Cl)C(c2ccc(Cl)cc2)C1. The van der Waals surface area contributed by atoms with Crippen molar-refractivity contribution < 1.29 is 8.42 Å². The molecule has 0 bridgehead atoms. The van der Waals surface area contributed by atoms with Crippen molar-refractivity contribution in [2.24, 2.45) is 4.40 Å². The normalized spacial score (nSPS) is 17.1. The maximum Gasteiger partial charge on any atom is 0.284 e. The van der Waals surface area contributed by atoms with E-state index in [4.69, 9.17) is 46.4 Å². The van der Waals surface area contributed by atoms with Crippen LogP contribution < -0.4 is 4.90 Å². The minimum atomic E-state index is -3.90. The maximum atomic E-state index is 13.0. The van der Waals surface area contributed by atoms with E-state index in [2.05, 4.69) is 9.30 Å². The smallest absolute Gasteiger partial charge is 0.284 e. The quantitative estimate of drug-likeness (QED) is 0.237. The molecule has 1 aliphatic rings. The molecule has 1 fully saturated rings. The van der Waals surface area contributed by atoms with Crippen molar-refractivity contribution in [3.8, 4) is 0 Å². The molecule has 3 aromatic rings. The molecule has 1 unspecified atom stereocenters. The largest absolute Gasteiger partial charge is 0.360 e. The van der Waals surface area contributed by atoms with Crippen LogP contribution in [-0.2, 0) is 10.0 Å². The van der Waals surface area contributed by atoms with E-state index < -0.39 is 10.0 Å². The predicted molar refractivity (Wildman–Crippen MR) is 149 cm³/mol. The number of thioether (sulfide) groups is 1. The Balaban J connectivity index is 1.69. The third-order valence-electron chi connectivity index (χ3n) is 5.62. The van der Waals surface area contributed by atoms with Crippen LogP contribution in [0.4, 0.5) is 5.69 Å². The zero-order valence-electron chi connectivity index (χ0n) is 18.5. The number of hydrogen-bond donors (Lipinski definition) is 0. The molecule has 0 radical (unpaired) electrons. The summed E-state index contributed by atoms with van der Waals surface area (Å²) in [7, 11) is -3.90. The lowest BCUT2D eigenvalue weighted by molar-refractivity contribution is 0.336. The van der Waals surface area contributed by atoms with E-state index in [0.717, 1.165) is 11.3 Å². The van der Waals surface area contributed by atoms with Crippen molar-refractivity contribution in [1.29, 1.82) is 0 Å². The van der Waals surface area contributed by atoms with Gasteiger partial charge in [-0.1, -0.05) is 70.3 Å². The summed E-state index contributed by atoms with van der Waals surface area (Å²) in [5.74, 6) is 0. The Kier molecular flexibility index (Phi) is 8.46. The molecule has 1 atom stereocenters. The monoisotopic (exact) mass is 587 g/mol. The Labute approximate surface area is 229 Å². The van der Waals surface area contributed by atoms with Crippen molar-refractivity contribution in [2.75, 3.05) is 30.8 Å². The van der Waals surface area contributed by atoms with Gasteiger partial charge in [0.1, 0.15) is 0 Å². The van der Waals surface area contributed by atoms with Gasteiger partial charge < -0.3 is 9.80 Å². The van der Waals surface area contributed by atoms with E-state index in [9.17, 15) is 8.42 Å². The molecule has 1 heterocycles. The van der Waals surface area contributed by atoms with Crippen molar-refractivity contribution >= 4 is 79.0 Å². The van der Waals surface area contributed by atoms with Crippen LogP contribution in [0.2, 0.25) is 20.1 Å². The first-order chi connectivity index (χ1) is 16.7. The summed E-state index contributed by atoms with van der Waals surface area (Å²) < 4.78 is 30.1. The molecule has 0 spiro atoms. The number of piperazine rings is 1. The fourth-order valence-corrected chi connectivity index (χ4v) is 6.61. The summed E-state index contributed by atoms with van der Waals surface area (Å²) in [5.41, 5.74) is 1.87. The second kappa shape index (κ2) is 11.2. The summed E-state index contributed by atoms with van der Waals surface area (Å²) in [6.07, 6.45) is 1.82. The fraction of sp³-hybridized carbons (Fsp3) is 0.208. The summed E-state index contributed by atoms with van der Waals surface area (Å²) in [4.78, 5) is 4.27. The number of anilines is 1. The summed E-state index contributed by atoms with van der Waals surface area (Å²) in [6.45, 7) is 1.64. The molecule has 1 aliphatic heterocycles. The highest BCUT2D eigenvalue weighted by Gasteiger charge is 2.32. The zero-order valence-corrected chi connectivity index (χ0v) is 23.2. The van der Waals surface area contributed by atoms with Gasteiger partial charge in [0.2, 0.25) is 0 Å². The van der Waals surface area contributed by atoms with E-state index in [1.165, 1.54) is 36.0 Å². The Bertz CT molecular complexity index is 1330. The fourth-order valence-electron chi connectivity index (χ4n) is 3.92. The lowest BCUT2D eigenvalue weighted by Gasteiger charge is -2.44. The Hall–Kier alpha value is -1.61. The minimum absolute atomic E-state index is 0.0919. The van der Waals surface area contributed by atoms with Crippen LogP contribution in [0, 0.1) is 0 Å². The van der Waals surface area contributed by atoms with Crippen molar-refractivity contribution in [1.82, 2.24) is 4.90 Å². The molecule has 3 aromatic carbocycles. The molecule has 5 nitrogen and oxygen atoms in total. The van der Waals surface area contributed by atoms with Gasteiger partial charge in [-0.15, -0.1) is 4.40 Å². The molecule has 1 saturated heterocycles. The molecular formula is C24H21Cl4N3O2S2. The maximum absolute atomic E-state index is 13.0. The van der Waals surface area contributed by atoms with Crippen LogP contribution in [-0.4, -0.2) is 44.4 Å². The number of nitrogens with zero attached hydrogens (tertiary/aromatic N) is 3. The number of amidine groups is 1. The molecule has 0 aliphatic carbocycles. The Morgan fingerprint density at radius 2 is 1.49 bits per heavy atom. The predicted octanol–water partition coefficient (Wildman–Crippen LogP) is 7.27. The van der Waals surface area contributed by atoms with Crippen LogP contribution in [0.3, 0.4) is 0 Å². The van der Waals surface area contributed by atoms with Gasteiger partial charge in [-0.25, -0.2) is 0 Å². The van der Waals surface area contributed by atoms with Crippen LogP contribution in [0.5, 0.6) is 0 Å². The highest BCUT2D eigenvalue weighted by molar-refractivity contribution is 8.13. The van der Waals surface area contributed by atoms with E-state index in [1.54, 1.807) is 6.07 Å². The number of halogens is 4. The van der Waals surface area contributed by atoms with Gasteiger partial charge in [0.05, 0.1) is 21.6 Å². The van der Waals surface area contributed by atoms with Crippen LogP contribution in [0.1, 0.15) is 11.6 Å². The highest BCUT2D eigenvalue weighted by atomic mass is 35.5. The van der Waals surface area contributed by atoms with E-state index in [-0.39, 0.29) is 10.9 Å². The standard InChI is InChI=1S/C24H21Cl4N3O2S2/c1-34-24(29-35(32,33)20-9-6-18(26)7-10-20)30-12-13-31(22-11-8-19(27)14-21(22)28)23(15-30)16-2-4-17(25)5-3-16/h2-11,14,23H,12-13,15H2,1H3/b29-24-. The molecular weight excluding hydrogens is 568 g/mol. The van der Waals surface area contributed by atoms with Crippen LogP contribution >= 0.6 is 58.2 Å². The van der Waals surface area contributed by atoms with Gasteiger partial charge in [-0.05, 0) is 66.4 Å². The van der Waals surface area contributed by atoms with Crippen LogP contribution in [0.25, 0.3) is 0 Å². The second-order valence-electron chi connectivity index (χ2n) is 7.81. The van der Waals surface area contributed by atoms with Crippen molar-refractivity contribution in [2.45, 2.75) is 10.9 Å². The molecule has 11 heteroatoms. The van der Waals surface area contributed by atoms with Gasteiger partial charge >= 0.3 is 0 Å². The Morgan fingerprint density at radius 3 is 2.09 bits per heavy atom. The third-order valence-corrected chi connectivity index (χ3v) is 8.77. The second-order valence-corrected chi connectivity index (χ2v) is 11.9. The zero-order chi connectivity index (χ0) is 25.2. The van der Waals surface area contributed by atoms with Gasteiger partial charge in [0.15, 0.2) is 5.17 Å². The lowest BCUT2D eigenvalue weighted by atomic mass is 10.0. The molecule has 4 rings (SSSR count). The highest BCUT2D eigenvalue weighted by Crippen LogP contribution is 2.37. The molecule has 184 valence electrons. The summed E-state index contributed by atoms with van der Waals surface area (Å²) >= 11 is 26.0. The summed E-state index contributed by atoms with van der Waals surface area (Å²) in [6, 6.07) is 18.9.